The molecule has 0 aliphatic heterocycles. The number of rotatable bonds is 3. The fraction of sp³-hybridized carbons (Fsp3) is 0.400. The van der Waals surface area contributed by atoms with Crippen LogP contribution in [0.5, 0.6) is 0 Å². The molecule has 4 heteroatoms. The summed E-state index contributed by atoms with van der Waals surface area (Å²) in [5, 5.41) is 8.84. The first kappa shape index (κ1) is 10.9. The molecule has 1 rings (SSSR count). The summed E-state index contributed by atoms with van der Waals surface area (Å²) in [6, 6.07) is 4.10. The van der Waals surface area contributed by atoms with Crippen LogP contribution in [0, 0.1) is 11.3 Å². The molecule has 0 saturated heterocycles. The Labute approximate surface area is 88.8 Å². The Morgan fingerprint density at radius 1 is 1.57 bits per heavy atom. The van der Waals surface area contributed by atoms with E-state index in [1.165, 1.54) is 0 Å². The van der Waals surface area contributed by atoms with Gasteiger partial charge in [-0.2, -0.15) is 5.26 Å². The number of nitrogens with zero attached hydrogens (tertiary/aromatic N) is 3. The lowest BCUT2D eigenvalue weighted by atomic mass is 10.3. The molecule has 0 saturated carbocycles. The Bertz CT molecular complexity index is 355. The van der Waals surface area contributed by atoms with Gasteiger partial charge in [-0.05, 0) is 11.8 Å². The zero-order valence-corrected chi connectivity index (χ0v) is 9.43. The van der Waals surface area contributed by atoms with Crippen molar-refractivity contribution in [2.75, 3.05) is 24.7 Å². The van der Waals surface area contributed by atoms with E-state index in [1.54, 1.807) is 18.0 Å². The van der Waals surface area contributed by atoms with E-state index in [0.29, 0.717) is 5.69 Å². The molecule has 0 amide bonds. The maximum absolute atomic E-state index is 8.84. The first-order chi connectivity index (χ1) is 6.69. The summed E-state index contributed by atoms with van der Waals surface area (Å²) in [6.07, 6.45) is 1.72. The molecular formula is C10H13N3S. The van der Waals surface area contributed by atoms with Gasteiger partial charge in [0.1, 0.15) is 6.07 Å². The van der Waals surface area contributed by atoms with E-state index in [1.807, 2.05) is 25.1 Å². The molecule has 1 aromatic rings. The summed E-state index contributed by atoms with van der Waals surface area (Å²) in [7, 11) is 3.92. The maximum atomic E-state index is 8.84. The minimum atomic E-state index is 0.516. The standard InChI is InChI=1S/C10H13N3S/c1-4-14-10-5-8(13(2)3)7-12-9(10)6-11/h5,7H,4H2,1-3H3. The number of nitriles is 1. The Hall–Kier alpha value is -1.21. The summed E-state index contributed by atoms with van der Waals surface area (Å²) in [5.41, 5.74) is 1.54. The van der Waals surface area contributed by atoms with Gasteiger partial charge in [0.05, 0.1) is 11.9 Å². The molecule has 0 radical (unpaired) electrons. The molecule has 1 heterocycles. The molecule has 0 atom stereocenters. The minimum Gasteiger partial charge on any atom is -0.376 e. The van der Waals surface area contributed by atoms with Crippen molar-refractivity contribution in [1.29, 1.82) is 5.26 Å². The van der Waals surface area contributed by atoms with Crippen molar-refractivity contribution in [3.8, 4) is 6.07 Å². The van der Waals surface area contributed by atoms with Crippen LogP contribution in [0.2, 0.25) is 0 Å². The molecule has 0 aliphatic rings. The molecule has 0 fully saturated rings. The second kappa shape index (κ2) is 4.87. The SMILES string of the molecule is CCSc1cc(N(C)C)cnc1C#N. The zero-order chi connectivity index (χ0) is 10.6. The highest BCUT2D eigenvalue weighted by Gasteiger charge is 2.05. The monoisotopic (exact) mass is 207 g/mol. The van der Waals surface area contributed by atoms with Crippen LogP contribution in [0.4, 0.5) is 5.69 Å². The topological polar surface area (TPSA) is 39.9 Å². The number of aromatic nitrogens is 1. The Kier molecular flexibility index (Phi) is 3.78. The van der Waals surface area contributed by atoms with Gasteiger partial charge in [-0.1, -0.05) is 6.92 Å². The van der Waals surface area contributed by atoms with Gasteiger partial charge in [0.2, 0.25) is 0 Å². The molecule has 0 aromatic carbocycles. The van der Waals surface area contributed by atoms with Crippen LogP contribution < -0.4 is 4.90 Å². The first-order valence-corrected chi connectivity index (χ1v) is 5.37. The summed E-state index contributed by atoms with van der Waals surface area (Å²) in [5.74, 6) is 0.952. The Morgan fingerprint density at radius 2 is 2.29 bits per heavy atom. The van der Waals surface area contributed by atoms with Crippen molar-refractivity contribution in [2.24, 2.45) is 0 Å². The Balaban J connectivity index is 3.09. The smallest absolute Gasteiger partial charge is 0.154 e. The third kappa shape index (κ3) is 2.39. The van der Waals surface area contributed by atoms with Crippen molar-refractivity contribution in [3.63, 3.8) is 0 Å². The second-order valence-electron chi connectivity index (χ2n) is 2.98. The summed E-state index contributed by atoms with van der Waals surface area (Å²) in [6.45, 7) is 2.06. The average molecular weight is 207 g/mol. The van der Waals surface area contributed by atoms with Gasteiger partial charge in [-0.3, -0.25) is 0 Å². The molecular weight excluding hydrogens is 194 g/mol. The van der Waals surface area contributed by atoms with Crippen molar-refractivity contribution < 1.29 is 0 Å². The number of thioether (sulfide) groups is 1. The third-order valence-electron chi connectivity index (χ3n) is 1.76. The van der Waals surface area contributed by atoms with E-state index in [4.69, 9.17) is 5.26 Å². The van der Waals surface area contributed by atoms with E-state index in [0.717, 1.165) is 16.3 Å². The number of hydrogen-bond acceptors (Lipinski definition) is 4. The molecule has 14 heavy (non-hydrogen) atoms. The van der Waals surface area contributed by atoms with Crippen LogP contribution in [-0.2, 0) is 0 Å². The van der Waals surface area contributed by atoms with Gasteiger partial charge in [-0.25, -0.2) is 4.98 Å². The van der Waals surface area contributed by atoms with Gasteiger partial charge < -0.3 is 4.90 Å². The van der Waals surface area contributed by atoms with Crippen LogP contribution >= 0.6 is 11.8 Å². The van der Waals surface area contributed by atoms with Crippen LogP contribution in [0.1, 0.15) is 12.6 Å². The van der Waals surface area contributed by atoms with Crippen molar-refractivity contribution in [2.45, 2.75) is 11.8 Å². The fourth-order valence-corrected chi connectivity index (χ4v) is 1.78. The van der Waals surface area contributed by atoms with Crippen molar-refractivity contribution in [1.82, 2.24) is 4.98 Å². The number of anilines is 1. The van der Waals surface area contributed by atoms with Crippen LogP contribution in [-0.4, -0.2) is 24.8 Å². The minimum absolute atomic E-state index is 0.516. The molecule has 1 aromatic heterocycles. The molecule has 3 nitrogen and oxygen atoms in total. The quantitative estimate of drug-likeness (QED) is 0.712. The third-order valence-corrected chi connectivity index (χ3v) is 2.67. The number of hydrogen-bond donors (Lipinski definition) is 0. The zero-order valence-electron chi connectivity index (χ0n) is 8.61. The molecule has 0 aliphatic carbocycles. The molecule has 0 unspecified atom stereocenters. The van der Waals surface area contributed by atoms with Crippen LogP contribution in [0.3, 0.4) is 0 Å². The highest BCUT2D eigenvalue weighted by atomic mass is 32.2. The molecule has 0 spiro atoms. The fourth-order valence-electron chi connectivity index (χ4n) is 1.03. The predicted octanol–water partition coefficient (Wildman–Crippen LogP) is 2.13. The maximum Gasteiger partial charge on any atom is 0.154 e. The summed E-state index contributed by atoms with van der Waals surface area (Å²) < 4.78 is 0. The van der Waals surface area contributed by atoms with Gasteiger partial charge >= 0.3 is 0 Å². The molecule has 0 N–H and O–H groups in total. The van der Waals surface area contributed by atoms with Gasteiger partial charge in [-0.15, -0.1) is 11.8 Å². The van der Waals surface area contributed by atoms with Crippen LogP contribution in [0.25, 0.3) is 0 Å². The largest absolute Gasteiger partial charge is 0.376 e. The first-order valence-electron chi connectivity index (χ1n) is 4.39. The lowest BCUT2D eigenvalue weighted by molar-refractivity contribution is 1.08. The molecule has 74 valence electrons. The average Bonchev–Trinajstić information content (AvgIpc) is 2.18. The normalized spacial score (nSPS) is 9.57. The Morgan fingerprint density at radius 3 is 2.79 bits per heavy atom. The highest BCUT2D eigenvalue weighted by Crippen LogP contribution is 2.24. The second-order valence-corrected chi connectivity index (χ2v) is 4.29. The highest BCUT2D eigenvalue weighted by molar-refractivity contribution is 7.99. The van der Waals surface area contributed by atoms with Crippen molar-refractivity contribution in [3.05, 3.63) is 18.0 Å². The van der Waals surface area contributed by atoms with E-state index < -0.39 is 0 Å². The molecule has 0 bridgehead atoms. The van der Waals surface area contributed by atoms with Gasteiger partial charge in [0, 0.05) is 19.0 Å². The number of pyridine rings is 1. The van der Waals surface area contributed by atoms with Gasteiger partial charge in [0.25, 0.3) is 0 Å². The van der Waals surface area contributed by atoms with Gasteiger partial charge in [0.15, 0.2) is 5.69 Å². The predicted molar refractivity (Wildman–Crippen MR) is 59.7 cm³/mol. The van der Waals surface area contributed by atoms with E-state index in [-0.39, 0.29) is 0 Å². The van der Waals surface area contributed by atoms with E-state index >= 15 is 0 Å². The van der Waals surface area contributed by atoms with E-state index in [2.05, 4.69) is 18.0 Å². The summed E-state index contributed by atoms with van der Waals surface area (Å²) in [4.78, 5) is 7.05. The lowest BCUT2D eigenvalue weighted by Crippen LogP contribution is -2.09. The van der Waals surface area contributed by atoms with Crippen molar-refractivity contribution >= 4 is 17.4 Å². The van der Waals surface area contributed by atoms with E-state index in [9.17, 15) is 0 Å². The lowest BCUT2D eigenvalue weighted by Gasteiger charge is -2.13. The summed E-state index contributed by atoms with van der Waals surface area (Å²) >= 11 is 1.65. The van der Waals surface area contributed by atoms with Crippen LogP contribution in [0.15, 0.2) is 17.2 Å².